The van der Waals surface area contributed by atoms with Crippen molar-refractivity contribution < 1.29 is 19.1 Å². The van der Waals surface area contributed by atoms with Crippen LogP contribution >= 0.6 is 0 Å². The van der Waals surface area contributed by atoms with E-state index < -0.39 is 0 Å². The lowest BCUT2D eigenvalue weighted by Crippen LogP contribution is -2.53. The van der Waals surface area contributed by atoms with Gasteiger partial charge in [0.25, 0.3) is 5.91 Å². The predicted molar refractivity (Wildman–Crippen MR) is 102 cm³/mol. The summed E-state index contributed by atoms with van der Waals surface area (Å²) in [7, 11) is 1.59. The SMILES string of the molecule is COc1cccc(C(=O)N2CCN(C(=O)NCC[C@@H]3CCCOC3)CC2)c1. The third kappa shape index (κ3) is 5.35. The number of amides is 3. The van der Waals surface area contributed by atoms with Crippen molar-refractivity contribution in [3.8, 4) is 5.75 Å². The summed E-state index contributed by atoms with van der Waals surface area (Å²) >= 11 is 0. The summed E-state index contributed by atoms with van der Waals surface area (Å²) in [6.45, 7) is 4.53. The van der Waals surface area contributed by atoms with Crippen LogP contribution in [0.4, 0.5) is 4.79 Å². The van der Waals surface area contributed by atoms with Gasteiger partial charge in [-0.05, 0) is 43.4 Å². The lowest BCUT2D eigenvalue weighted by molar-refractivity contribution is 0.0516. The van der Waals surface area contributed by atoms with E-state index in [1.54, 1.807) is 29.0 Å². The molecule has 0 unspecified atom stereocenters. The quantitative estimate of drug-likeness (QED) is 0.854. The highest BCUT2D eigenvalue weighted by atomic mass is 16.5. The standard InChI is InChI=1S/C20H29N3O4/c1-26-18-6-2-5-17(14-18)19(24)22-9-11-23(12-10-22)20(25)21-8-7-16-4-3-13-27-15-16/h2,5-6,14,16H,3-4,7-13,15H2,1H3,(H,21,25)/t16-/m0/s1. The molecule has 2 aliphatic heterocycles. The van der Waals surface area contributed by atoms with Crippen molar-refractivity contribution in [3.63, 3.8) is 0 Å². The monoisotopic (exact) mass is 375 g/mol. The molecule has 0 aromatic heterocycles. The number of rotatable bonds is 5. The van der Waals surface area contributed by atoms with Gasteiger partial charge in [-0.2, -0.15) is 0 Å². The molecule has 0 bridgehead atoms. The van der Waals surface area contributed by atoms with Crippen LogP contribution in [0.15, 0.2) is 24.3 Å². The maximum atomic E-state index is 12.6. The summed E-state index contributed by atoms with van der Waals surface area (Å²) in [5, 5.41) is 3.00. The second kappa shape index (κ2) is 9.60. The van der Waals surface area contributed by atoms with Gasteiger partial charge >= 0.3 is 6.03 Å². The molecule has 2 heterocycles. The Morgan fingerprint density at radius 1 is 1.22 bits per heavy atom. The normalized spacial score (nSPS) is 20.3. The van der Waals surface area contributed by atoms with Crippen molar-refractivity contribution in [2.24, 2.45) is 5.92 Å². The molecule has 7 nitrogen and oxygen atoms in total. The van der Waals surface area contributed by atoms with Gasteiger partial charge in [-0.1, -0.05) is 6.07 Å². The number of piperazine rings is 1. The zero-order chi connectivity index (χ0) is 19.1. The largest absolute Gasteiger partial charge is 0.497 e. The zero-order valence-electron chi connectivity index (χ0n) is 16.0. The minimum Gasteiger partial charge on any atom is -0.497 e. The first-order valence-electron chi connectivity index (χ1n) is 9.71. The second-order valence-electron chi connectivity index (χ2n) is 7.11. The van der Waals surface area contributed by atoms with Gasteiger partial charge in [-0.25, -0.2) is 4.79 Å². The fraction of sp³-hybridized carbons (Fsp3) is 0.600. The van der Waals surface area contributed by atoms with Crippen LogP contribution < -0.4 is 10.1 Å². The molecule has 148 valence electrons. The molecule has 0 spiro atoms. The molecule has 7 heteroatoms. The van der Waals surface area contributed by atoms with Gasteiger partial charge in [0.1, 0.15) is 5.75 Å². The van der Waals surface area contributed by atoms with E-state index in [-0.39, 0.29) is 11.9 Å². The smallest absolute Gasteiger partial charge is 0.317 e. The van der Waals surface area contributed by atoms with Crippen LogP contribution in [0.1, 0.15) is 29.6 Å². The number of ether oxygens (including phenoxy) is 2. The van der Waals surface area contributed by atoms with Gasteiger partial charge in [0.05, 0.1) is 7.11 Å². The van der Waals surface area contributed by atoms with E-state index in [0.29, 0.717) is 50.0 Å². The molecular formula is C20H29N3O4. The molecule has 0 radical (unpaired) electrons. The Bertz CT molecular complexity index is 638. The van der Waals surface area contributed by atoms with E-state index in [2.05, 4.69) is 5.32 Å². The molecule has 2 fully saturated rings. The van der Waals surface area contributed by atoms with Crippen molar-refractivity contribution in [2.75, 3.05) is 53.0 Å². The fourth-order valence-corrected chi connectivity index (χ4v) is 3.58. The Balaban J connectivity index is 1.41. The van der Waals surface area contributed by atoms with Crippen molar-refractivity contribution in [3.05, 3.63) is 29.8 Å². The van der Waals surface area contributed by atoms with E-state index in [1.165, 1.54) is 6.42 Å². The van der Waals surface area contributed by atoms with Crippen LogP contribution in [0, 0.1) is 5.92 Å². The summed E-state index contributed by atoms with van der Waals surface area (Å²) in [4.78, 5) is 28.5. The van der Waals surface area contributed by atoms with E-state index in [9.17, 15) is 9.59 Å². The van der Waals surface area contributed by atoms with Crippen molar-refractivity contribution >= 4 is 11.9 Å². The topological polar surface area (TPSA) is 71.1 Å². The second-order valence-corrected chi connectivity index (χ2v) is 7.11. The lowest BCUT2D eigenvalue weighted by atomic mass is 9.99. The van der Waals surface area contributed by atoms with E-state index >= 15 is 0 Å². The average molecular weight is 375 g/mol. The number of nitrogens with one attached hydrogen (secondary N) is 1. The van der Waals surface area contributed by atoms with Crippen LogP contribution in [0.3, 0.4) is 0 Å². The number of carbonyl (C=O) groups is 2. The van der Waals surface area contributed by atoms with Crippen molar-refractivity contribution in [2.45, 2.75) is 19.3 Å². The molecular weight excluding hydrogens is 346 g/mol. The van der Waals surface area contributed by atoms with Gasteiger partial charge in [-0.15, -0.1) is 0 Å². The average Bonchev–Trinajstić information content (AvgIpc) is 2.74. The molecule has 1 N–H and O–H groups in total. The lowest BCUT2D eigenvalue weighted by Gasteiger charge is -2.35. The van der Waals surface area contributed by atoms with Gasteiger partial charge < -0.3 is 24.6 Å². The Hall–Kier alpha value is -2.28. The van der Waals surface area contributed by atoms with Crippen molar-refractivity contribution in [1.29, 1.82) is 0 Å². The predicted octanol–water partition coefficient (Wildman–Crippen LogP) is 1.98. The van der Waals surface area contributed by atoms with Crippen LogP contribution in [0.25, 0.3) is 0 Å². The maximum absolute atomic E-state index is 12.6. The molecule has 1 aromatic carbocycles. The minimum atomic E-state index is -0.0415. The molecule has 3 rings (SSSR count). The summed E-state index contributed by atoms with van der Waals surface area (Å²) in [6, 6.07) is 7.13. The Morgan fingerprint density at radius 3 is 2.70 bits per heavy atom. The number of hydrogen-bond acceptors (Lipinski definition) is 4. The number of benzene rings is 1. The van der Waals surface area contributed by atoms with Crippen LogP contribution in [0.5, 0.6) is 5.75 Å². The summed E-state index contributed by atoms with van der Waals surface area (Å²) < 4.78 is 10.7. The van der Waals surface area contributed by atoms with Crippen LogP contribution in [-0.4, -0.2) is 74.8 Å². The Labute approximate surface area is 160 Å². The van der Waals surface area contributed by atoms with Gasteiger partial charge in [-0.3, -0.25) is 4.79 Å². The summed E-state index contributed by atoms with van der Waals surface area (Å²) in [5.74, 6) is 1.20. The van der Waals surface area contributed by atoms with Crippen molar-refractivity contribution in [1.82, 2.24) is 15.1 Å². The molecule has 0 aliphatic carbocycles. The summed E-state index contributed by atoms with van der Waals surface area (Å²) in [5.41, 5.74) is 0.613. The third-order valence-corrected chi connectivity index (χ3v) is 5.25. The van der Waals surface area contributed by atoms with Gasteiger partial charge in [0, 0.05) is 51.5 Å². The number of hydrogen-bond donors (Lipinski definition) is 1. The van der Waals surface area contributed by atoms with Crippen LogP contribution in [0.2, 0.25) is 0 Å². The van der Waals surface area contributed by atoms with E-state index in [0.717, 1.165) is 26.1 Å². The fourth-order valence-electron chi connectivity index (χ4n) is 3.58. The molecule has 3 amide bonds. The molecule has 2 aliphatic rings. The third-order valence-electron chi connectivity index (χ3n) is 5.25. The number of nitrogens with zero attached hydrogens (tertiary/aromatic N) is 2. The Morgan fingerprint density at radius 2 is 2.00 bits per heavy atom. The first-order chi connectivity index (χ1) is 13.2. The van der Waals surface area contributed by atoms with Gasteiger partial charge in [0.2, 0.25) is 0 Å². The number of methoxy groups -OCH3 is 1. The summed E-state index contributed by atoms with van der Waals surface area (Å²) in [6.07, 6.45) is 3.25. The molecule has 27 heavy (non-hydrogen) atoms. The van der Waals surface area contributed by atoms with E-state index in [4.69, 9.17) is 9.47 Å². The molecule has 1 atom stereocenters. The number of carbonyl (C=O) groups excluding carboxylic acids is 2. The highest BCUT2D eigenvalue weighted by Gasteiger charge is 2.25. The highest BCUT2D eigenvalue weighted by Crippen LogP contribution is 2.17. The maximum Gasteiger partial charge on any atom is 0.317 e. The zero-order valence-corrected chi connectivity index (χ0v) is 16.0. The number of urea groups is 1. The van der Waals surface area contributed by atoms with Crippen LogP contribution in [-0.2, 0) is 4.74 Å². The highest BCUT2D eigenvalue weighted by molar-refractivity contribution is 5.94. The van der Waals surface area contributed by atoms with Gasteiger partial charge in [0.15, 0.2) is 0 Å². The van der Waals surface area contributed by atoms with E-state index in [1.807, 2.05) is 12.1 Å². The first kappa shape index (κ1) is 19.5. The molecule has 0 saturated carbocycles. The molecule has 1 aromatic rings. The first-order valence-corrected chi connectivity index (χ1v) is 9.71. The molecule has 2 saturated heterocycles. The Kier molecular flexibility index (Phi) is 6.92. The minimum absolute atomic E-state index is 0.0220.